The van der Waals surface area contributed by atoms with Crippen molar-refractivity contribution in [3.8, 4) is 0 Å². The van der Waals surface area contributed by atoms with E-state index in [-0.39, 0.29) is 23.1 Å². The van der Waals surface area contributed by atoms with E-state index < -0.39 is 15.1 Å². The maximum atomic E-state index is 13.0. The Bertz CT molecular complexity index is 1060. The summed E-state index contributed by atoms with van der Waals surface area (Å²) in [5, 5.41) is 4.66. The van der Waals surface area contributed by atoms with Crippen molar-refractivity contribution in [2.24, 2.45) is 0 Å². The first-order valence-corrected chi connectivity index (χ1v) is 11.9. The van der Waals surface area contributed by atoms with E-state index in [1.54, 1.807) is 6.07 Å². The first-order valence-electron chi connectivity index (χ1n) is 9.34. The Morgan fingerprint density at radius 1 is 1.21 bits per heavy atom. The summed E-state index contributed by atoms with van der Waals surface area (Å²) in [6.45, 7) is 5.34. The maximum absolute atomic E-state index is 13.0. The fraction of sp³-hybridized carbons (Fsp3) is 0.333. The molecule has 2 amide bonds. The molecule has 0 bridgehead atoms. The molecule has 8 heteroatoms. The van der Waals surface area contributed by atoms with Gasteiger partial charge in [0.15, 0.2) is 9.84 Å². The van der Waals surface area contributed by atoms with Gasteiger partial charge in [0.25, 0.3) is 0 Å². The first kappa shape index (κ1) is 21.4. The fourth-order valence-electron chi connectivity index (χ4n) is 3.05. The number of sulfone groups is 1. The number of benzene rings is 2. The highest BCUT2D eigenvalue weighted by atomic mass is 32.2. The van der Waals surface area contributed by atoms with Crippen LogP contribution in [-0.4, -0.2) is 31.2 Å². The summed E-state index contributed by atoms with van der Waals surface area (Å²) in [7, 11) is -3.73. The second-order valence-corrected chi connectivity index (χ2v) is 10.7. The van der Waals surface area contributed by atoms with Crippen molar-refractivity contribution in [2.45, 2.75) is 48.7 Å². The lowest BCUT2D eigenvalue weighted by atomic mass is 10.1. The Morgan fingerprint density at radius 2 is 1.97 bits per heavy atom. The first-order chi connectivity index (χ1) is 13.7. The van der Waals surface area contributed by atoms with E-state index in [2.05, 4.69) is 10.6 Å². The summed E-state index contributed by atoms with van der Waals surface area (Å²) in [5.41, 5.74) is 3.12. The van der Waals surface area contributed by atoms with E-state index in [1.807, 2.05) is 32.0 Å². The van der Waals surface area contributed by atoms with Crippen LogP contribution >= 0.6 is 11.8 Å². The molecule has 2 aromatic rings. The van der Waals surface area contributed by atoms with Crippen LogP contribution in [0.1, 0.15) is 30.9 Å². The topological polar surface area (TPSA) is 92.3 Å². The van der Waals surface area contributed by atoms with E-state index in [9.17, 15) is 18.0 Å². The molecule has 0 aliphatic carbocycles. The van der Waals surface area contributed by atoms with Crippen molar-refractivity contribution in [3.63, 3.8) is 0 Å². The minimum absolute atomic E-state index is 0.103. The Labute approximate surface area is 175 Å². The molecule has 2 N–H and O–H groups in total. The minimum atomic E-state index is -3.73. The van der Waals surface area contributed by atoms with Gasteiger partial charge in [0.05, 0.1) is 15.8 Å². The number of thioether (sulfide) groups is 1. The van der Waals surface area contributed by atoms with Gasteiger partial charge >= 0.3 is 0 Å². The van der Waals surface area contributed by atoms with Crippen LogP contribution in [0.4, 0.5) is 11.4 Å². The predicted molar refractivity (Wildman–Crippen MR) is 116 cm³/mol. The highest BCUT2D eigenvalue weighted by Gasteiger charge is 2.27. The van der Waals surface area contributed by atoms with E-state index in [1.165, 1.54) is 30.8 Å². The van der Waals surface area contributed by atoms with E-state index in [4.69, 9.17) is 0 Å². The number of carbonyl (C=O) groups excluding carboxylic acids is 2. The molecule has 0 unspecified atom stereocenters. The van der Waals surface area contributed by atoms with Gasteiger partial charge in [0, 0.05) is 29.2 Å². The number of aryl methyl sites for hydroxylation is 2. The Balaban J connectivity index is 1.76. The predicted octanol–water partition coefficient (Wildman–Crippen LogP) is 3.93. The number of hydrogen-bond donors (Lipinski definition) is 2. The number of amides is 2. The maximum Gasteiger partial charge on any atom is 0.225 e. The lowest BCUT2D eigenvalue weighted by Crippen LogP contribution is -2.25. The quantitative estimate of drug-likeness (QED) is 0.747. The number of hydrogen-bond acceptors (Lipinski definition) is 5. The van der Waals surface area contributed by atoms with Crippen LogP contribution in [0.3, 0.4) is 0 Å². The molecule has 0 aromatic heterocycles. The normalized spacial score (nSPS) is 15.1. The molecule has 6 nitrogen and oxygen atoms in total. The number of rotatable bonds is 5. The number of fused-ring (bicyclic) bond motifs is 1. The van der Waals surface area contributed by atoms with Gasteiger partial charge in [-0.15, -0.1) is 11.8 Å². The van der Waals surface area contributed by atoms with Crippen LogP contribution in [0.2, 0.25) is 0 Å². The van der Waals surface area contributed by atoms with Gasteiger partial charge in [-0.05, 0) is 56.2 Å². The van der Waals surface area contributed by atoms with Gasteiger partial charge in [0.1, 0.15) is 0 Å². The molecule has 0 spiro atoms. The van der Waals surface area contributed by atoms with Crippen molar-refractivity contribution in [3.05, 3.63) is 47.5 Å². The zero-order chi connectivity index (χ0) is 21.2. The van der Waals surface area contributed by atoms with Crippen LogP contribution in [0.25, 0.3) is 0 Å². The minimum Gasteiger partial charge on any atom is -0.326 e. The van der Waals surface area contributed by atoms with Crippen molar-refractivity contribution in [1.82, 2.24) is 0 Å². The average molecular weight is 433 g/mol. The van der Waals surface area contributed by atoms with Crippen LogP contribution in [0.5, 0.6) is 0 Å². The summed E-state index contributed by atoms with van der Waals surface area (Å²) in [6.07, 6.45) is 0.226. The van der Waals surface area contributed by atoms with Crippen molar-refractivity contribution in [2.75, 3.05) is 16.4 Å². The molecule has 0 radical (unpaired) electrons. The van der Waals surface area contributed by atoms with E-state index in [0.717, 1.165) is 16.0 Å². The molecule has 0 saturated heterocycles. The van der Waals surface area contributed by atoms with E-state index in [0.29, 0.717) is 23.5 Å². The van der Waals surface area contributed by atoms with Gasteiger partial charge in [-0.25, -0.2) is 8.42 Å². The van der Waals surface area contributed by atoms with Crippen LogP contribution in [-0.2, 0) is 19.4 Å². The number of carbonyl (C=O) groups is 2. The van der Waals surface area contributed by atoms with Crippen LogP contribution in [0, 0.1) is 13.8 Å². The summed E-state index contributed by atoms with van der Waals surface area (Å²) in [6, 6.07) is 10.5. The molecule has 0 saturated carbocycles. The van der Waals surface area contributed by atoms with Gasteiger partial charge in [-0.1, -0.05) is 12.1 Å². The summed E-state index contributed by atoms with van der Waals surface area (Å²) in [5.74, 6) is 0.167. The SMILES string of the molecule is Cc1ccc(C)c(NC(=O)C[C@H](C)S(=O)(=O)c2ccc3c(c2)NC(=O)CCS3)c1. The highest BCUT2D eigenvalue weighted by Crippen LogP contribution is 2.33. The number of nitrogens with one attached hydrogen (secondary N) is 2. The molecular weight excluding hydrogens is 408 g/mol. The van der Waals surface area contributed by atoms with Crippen molar-refractivity contribution >= 4 is 44.8 Å². The lowest BCUT2D eigenvalue weighted by molar-refractivity contribution is -0.116. The second-order valence-electron chi connectivity index (χ2n) is 7.23. The Morgan fingerprint density at radius 3 is 2.72 bits per heavy atom. The third-order valence-electron chi connectivity index (χ3n) is 4.81. The molecule has 1 heterocycles. The zero-order valence-corrected chi connectivity index (χ0v) is 18.2. The van der Waals surface area contributed by atoms with E-state index >= 15 is 0 Å². The third-order valence-corrected chi connectivity index (χ3v) is 8.02. The molecular formula is C21H24N2O4S2. The third kappa shape index (κ3) is 5.00. The number of anilines is 2. The summed E-state index contributed by atoms with van der Waals surface area (Å²) >= 11 is 1.51. The lowest BCUT2D eigenvalue weighted by Gasteiger charge is -2.16. The summed E-state index contributed by atoms with van der Waals surface area (Å²) < 4.78 is 26.0. The molecule has 1 atom stereocenters. The average Bonchev–Trinajstić information content (AvgIpc) is 2.84. The molecule has 0 fully saturated rings. The second kappa shape index (κ2) is 8.59. The smallest absolute Gasteiger partial charge is 0.225 e. The fourth-order valence-corrected chi connectivity index (χ4v) is 5.36. The molecule has 1 aliphatic rings. The van der Waals surface area contributed by atoms with Crippen LogP contribution in [0.15, 0.2) is 46.2 Å². The molecule has 1 aliphatic heterocycles. The molecule has 29 heavy (non-hydrogen) atoms. The monoisotopic (exact) mass is 432 g/mol. The van der Waals surface area contributed by atoms with Crippen LogP contribution < -0.4 is 10.6 Å². The Hall–Kier alpha value is -2.32. The van der Waals surface area contributed by atoms with Gasteiger partial charge < -0.3 is 10.6 Å². The standard InChI is InChI=1S/C21H24N2O4S2/c1-13-4-5-14(2)17(10-13)22-21(25)11-15(3)29(26,27)16-6-7-19-18(12-16)23-20(24)8-9-28-19/h4-7,10,12,15H,8-9,11H2,1-3H3,(H,22,25)(H,23,24)/t15-/m0/s1. The zero-order valence-electron chi connectivity index (χ0n) is 16.6. The Kier molecular flexibility index (Phi) is 6.33. The van der Waals surface area contributed by atoms with Crippen molar-refractivity contribution in [1.29, 1.82) is 0 Å². The molecule has 154 valence electrons. The molecule has 3 rings (SSSR count). The largest absolute Gasteiger partial charge is 0.326 e. The van der Waals surface area contributed by atoms with Crippen molar-refractivity contribution < 1.29 is 18.0 Å². The van der Waals surface area contributed by atoms with Gasteiger partial charge in [-0.2, -0.15) is 0 Å². The summed E-state index contributed by atoms with van der Waals surface area (Å²) in [4.78, 5) is 25.2. The van der Waals surface area contributed by atoms with Gasteiger partial charge in [0.2, 0.25) is 11.8 Å². The van der Waals surface area contributed by atoms with Gasteiger partial charge in [-0.3, -0.25) is 9.59 Å². The molecule has 2 aromatic carbocycles. The highest BCUT2D eigenvalue weighted by molar-refractivity contribution is 7.99.